The Bertz CT molecular complexity index is 1630. The van der Waals surface area contributed by atoms with Crippen molar-refractivity contribution in [2.24, 2.45) is 40.9 Å². The number of halogens is 3. The summed E-state index contributed by atoms with van der Waals surface area (Å²) >= 11 is 0. The summed E-state index contributed by atoms with van der Waals surface area (Å²) in [5, 5.41) is 1.09. The van der Waals surface area contributed by atoms with Crippen molar-refractivity contribution in [2.45, 2.75) is 90.1 Å². The summed E-state index contributed by atoms with van der Waals surface area (Å²) in [7, 11) is 4.10. The number of ketones is 1. The molecule has 3 aliphatic carbocycles. The van der Waals surface area contributed by atoms with Crippen molar-refractivity contribution in [3.05, 3.63) is 48.0 Å². The van der Waals surface area contributed by atoms with Crippen LogP contribution in [0.15, 0.2) is 36.5 Å². The normalized spacial score (nSPS) is 29.0. The summed E-state index contributed by atoms with van der Waals surface area (Å²) in [6, 6.07) is 9.19. The highest BCUT2D eigenvalue weighted by atomic mass is 19.4. The van der Waals surface area contributed by atoms with Crippen LogP contribution in [0, 0.1) is 40.9 Å². The Balaban J connectivity index is 0.891. The van der Waals surface area contributed by atoms with Gasteiger partial charge in [-0.3, -0.25) is 4.79 Å². The number of carbonyl (C=O) groups is 1. The van der Waals surface area contributed by atoms with Crippen molar-refractivity contribution in [1.82, 2.24) is 19.9 Å². The highest BCUT2D eigenvalue weighted by molar-refractivity contribution is 5.89. The number of hydrogen-bond acceptors (Lipinski definition) is 7. The lowest BCUT2D eigenvalue weighted by molar-refractivity contribution is -0.141. The Morgan fingerprint density at radius 1 is 0.979 bits per heavy atom. The Morgan fingerprint density at radius 3 is 2.38 bits per heavy atom. The summed E-state index contributed by atoms with van der Waals surface area (Å²) in [5.74, 6) is 5.33. The van der Waals surface area contributed by atoms with Crippen LogP contribution in [0.1, 0.15) is 95.5 Å². The molecule has 1 aliphatic heterocycles. The average Bonchev–Trinajstić information content (AvgIpc) is 3.78. The largest absolute Gasteiger partial charge is 0.433 e. The van der Waals surface area contributed by atoms with E-state index < -0.39 is 11.9 Å². The van der Waals surface area contributed by atoms with Crippen molar-refractivity contribution in [3.63, 3.8) is 0 Å². The van der Waals surface area contributed by atoms with Crippen LogP contribution in [-0.4, -0.2) is 52.9 Å². The molecule has 1 saturated heterocycles. The molecule has 1 aromatic carbocycles. The van der Waals surface area contributed by atoms with Gasteiger partial charge in [-0.1, -0.05) is 26.0 Å². The third kappa shape index (κ3) is 6.40. The Morgan fingerprint density at radius 2 is 1.71 bits per heavy atom. The summed E-state index contributed by atoms with van der Waals surface area (Å²) in [6.07, 6.45) is 7.72. The first-order chi connectivity index (χ1) is 22.9. The van der Waals surface area contributed by atoms with E-state index in [0.717, 1.165) is 53.8 Å². The Labute approximate surface area is 282 Å². The van der Waals surface area contributed by atoms with Gasteiger partial charge in [0.25, 0.3) is 0 Å². The van der Waals surface area contributed by atoms with E-state index in [0.29, 0.717) is 60.8 Å². The van der Waals surface area contributed by atoms with E-state index in [1.807, 2.05) is 6.07 Å². The van der Waals surface area contributed by atoms with E-state index in [1.54, 1.807) is 4.90 Å². The van der Waals surface area contributed by atoms with Crippen LogP contribution in [0.25, 0.3) is 10.9 Å². The zero-order valence-electron chi connectivity index (χ0n) is 28.7. The van der Waals surface area contributed by atoms with Gasteiger partial charge in [0.2, 0.25) is 5.95 Å². The summed E-state index contributed by atoms with van der Waals surface area (Å²) in [5.41, 5.74) is 0.559. The van der Waals surface area contributed by atoms with Crippen LogP contribution in [0.2, 0.25) is 0 Å². The third-order valence-corrected chi connectivity index (χ3v) is 12.7. The first-order valence-electron chi connectivity index (χ1n) is 18.1. The quantitative estimate of drug-likeness (QED) is 0.228. The average molecular weight is 663 g/mol. The van der Waals surface area contributed by atoms with Gasteiger partial charge in [-0.05, 0) is 111 Å². The molecule has 7 rings (SSSR count). The molecular weight excluding hydrogens is 613 g/mol. The predicted octanol–water partition coefficient (Wildman–Crippen LogP) is 8.34. The molecule has 0 amide bonds. The minimum absolute atomic E-state index is 0.00874. The van der Waals surface area contributed by atoms with E-state index >= 15 is 0 Å². The number of piperidine rings is 1. The van der Waals surface area contributed by atoms with Gasteiger partial charge < -0.3 is 9.80 Å². The number of benzene rings is 1. The molecule has 0 bridgehead atoms. The number of aromatic nitrogens is 4. The van der Waals surface area contributed by atoms with E-state index in [2.05, 4.69) is 61.0 Å². The third-order valence-electron chi connectivity index (χ3n) is 12.7. The topological polar surface area (TPSA) is 75.1 Å². The lowest BCUT2D eigenvalue weighted by atomic mass is 9.63. The second-order valence-corrected chi connectivity index (χ2v) is 15.7. The Hall–Kier alpha value is -3.30. The maximum absolute atomic E-state index is 13.6. The fraction of sp³-hybridized carbons (Fsp3) is 0.658. The van der Waals surface area contributed by atoms with Gasteiger partial charge in [0, 0.05) is 56.5 Å². The van der Waals surface area contributed by atoms with E-state index in [9.17, 15) is 18.0 Å². The zero-order chi connectivity index (χ0) is 33.8. The second-order valence-electron chi connectivity index (χ2n) is 15.7. The zero-order valence-corrected chi connectivity index (χ0v) is 28.7. The molecule has 0 N–H and O–H groups in total. The number of rotatable bonds is 9. The van der Waals surface area contributed by atoms with Crippen molar-refractivity contribution in [1.29, 1.82) is 0 Å². The molecule has 3 aromatic rings. The van der Waals surface area contributed by atoms with E-state index in [1.165, 1.54) is 38.3 Å². The molecule has 2 aromatic heterocycles. The molecule has 48 heavy (non-hydrogen) atoms. The lowest BCUT2D eigenvalue weighted by Gasteiger charge is -2.42. The number of nitrogens with zero attached hydrogens (tertiary/aromatic N) is 6. The highest BCUT2D eigenvalue weighted by Crippen LogP contribution is 2.67. The molecule has 258 valence electrons. The minimum Gasteiger partial charge on any atom is -0.362 e. The lowest BCUT2D eigenvalue weighted by Crippen LogP contribution is -2.43. The van der Waals surface area contributed by atoms with Crippen LogP contribution in [0.3, 0.4) is 0 Å². The maximum atomic E-state index is 13.6. The molecule has 4 fully saturated rings. The standard InChI is InChI=1S/C38H49F3N6O/c1-23(24(2)34-43-31-8-6-5-7-29(31)35(45-34)46(3)4)30-22-37(30)16-11-25(12-17-37)21-27-9-10-28(27)33(48)26-14-19-47(20-15-26)36-42-18-13-32(44-36)38(39,40)41/h5-8,13,18,23-28,30H,9-12,14-17,19-22H2,1-4H3/t23?,24?,25?,27?,28?,30-,37?/m1/s1. The number of hydrogen-bond donors (Lipinski definition) is 0. The van der Waals surface area contributed by atoms with Gasteiger partial charge in [0.05, 0.1) is 5.52 Å². The van der Waals surface area contributed by atoms with Crippen LogP contribution in [-0.2, 0) is 11.0 Å². The molecule has 4 unspecified atom stereocenters. The molecule has 7 nitrogen and oxygen atoms in total. The fourth-order valence-corrected chi connectivity index (χ4v) is 9.37. The number of fused-ring (bicyclic) bond motifs is 1. The molecular formula is C38H49F3N6O. The van der Waals surface area contributed by atoms with Crippen LogP contribution in [0.5, 0.6) is 0 Å². The van der Waals surface area contributed by atoms with Gasteiger partial charge in [-0.25, -0.2) is 19.9 Å². The summed E-state index contributed by atoms with van der Waals surface area (Å²) < 4.78 is 39.4. The SMILES string of the molecule is CC(c1nc(N(C)C)c2ccccc2n1)C(C)[C@H]1CC12CCC(CC1CCC1C(=O)C1CCN(c3nccc(C(F)(F)F)n3)CC1)CC2. The molecule has 1 spiro atoms. The number of Topliss-reactive ketones (excluding diaryl/α,β-unsaturated/α-hetero) is 1. The number of anilines is 2. The molecule has 0 radical (unpaired) electrons. The van der Waals surface area contributed by atoms with Gasteiger partial charge in [0.15, 0.2) is 0 Å². The van der Waals surface area contributed by atoms with Crippen LogP contribution >= 0.6 is 0 Å². The first kappa shape index (κ1) is 33.2. The smallest absolute Gasteiger partial charge is 0.362 e. The van der Waals surface area contributed by atoms with Gasteiger partial charge in [-0.2, -0.15) is 13.2 Å². The molecule has 5 atom stereocenters. The van der Waals surface area contributed by atoms with Crippen LogP contribution < -0.4 is 9.80 Å². The molecule has 3 saturated carbocycles. The second kappa shape index (κ2) is 12.9. The molecule has 3 heterocycles. The Kier molecular flexibility index (Phi) is 8.90. The summed E-state index contributed by atoms with van der Waals surface area (Å²) in [4.78, 5) is 35.4. The van der Waals surface area contributed by atoms with Crippen LogP contribution in [0.4, 0.5) is 24.9 Å². The van der Waals surface area contributed by atoms with Gasteiger partial charge in [-0.15, -0.1) is 0 Å². The predicted molar refractivity (Wildman–Crippen MR) is 182 cm³/mol. The number of para-hydroxylation sites is 1. The number of carbonyl (C=O) groups excluding carboxylic acids is 1. The van der Waals surface area contributed by atoms with Crippen molar-refractivity contribution < 1.29 is 18.0 Å². The monoisotopic (exact) mass is 662 g/mol. The van der Waals surface area contributed by atoms with Crippen molar-refractivity contribution in [2.75, 3.05) is 37.0 Å². The van der Waals surface area contributed by atoms with Gasteiger partial charge in [0.1, 0.15) is 23.1 Å². The first-order valence-corrected chi connectivity index (χ1v) is 18.1. The molecule has 10 heteroatoms. The highest BCUT2D eigenvalue weighted by Gasteiger charge is 2.58. The minimum atomic E-state index is -4.49. The van der Waals surface area contributed by atoms with Crippen molar-refractivity contribution in [3.8, 4) is 0 Å². The maximum Gasteiger partial charge on any atom is 0.433 e. The number of alkyl halides is 3. The van der Waals surface area contributed by atoms with E-state index in [-0.39, 0.29) is 17.8 Å². The molecule has 4 aliphatic rings. The van der Waals surface area contributed by atoms with Gasteiger partial charge >= 0.3 is 6.18 Å². The summed E-state index contributed by atoms with van der Waals surface area (Å²) in [6.45, 7) is 5.75. The van der Waals surface area contributed by atoms with Crippen molar-refractivity contribution >= 4 is 28.5 Å². The fourth-order valence-electron chi connectivity index (χ4n) is 9.37. The van der Waals surface area contributed by atoms with E-state index in [4.69, 9.17) is 9.97 Å².